The van der Waals surface area contributed by atoms with Crippen LogP contribution in [0.1, 0.15) is 15.9 Å². The van der Waals surface area contributed by atoms with Gasteiger partial charge in [0.2, 0.25) is 10.0 Å². The molecule has 2 aromatic carbocycles. The maximum absolute atomic E-state index is 12.1. The minimum absolute atomic E-state index is 0.121. The average molecular weight is 408 g/mol. The van der Waals surface area contributed by atoms with E-state index in [9.17, 15) is 18.0 Å². The second-order valence-electron chi connectivity index (χ2n) is 5.92. The molecular formula is C19H21NO5S2. The number of carbonyl (C=O) groups excluding carboxylic acids is 2. The number of thioether (sulfide) groups is 1. The first kappa shape index (κ1) is 21.0. The molecule has 0 saturated heterocycles. The average Bonchev–Trinajstić information content (AvgIpc) is 2.64. The van der Waals surface area contributed by atoms with E-state index in [0.717, 1.165) is 21.0 Å². The van der Waals surface area contributed by atoms with E-state index in [1.54, 1.807) is 0 Å². The van der Waals surface area contributed by atoms with E-state index < -0.39 is 16.0 Å². The minimum atomic E-state index is -3.37. The summed E-state index contributed by atoms with van der Waals surface area (Å²) >= 11 is 1.36. The smallest absolute Gasteiger partial charge is 0.316 e. The van der Waals surface area contributed by atoms with Gasteiger partial charge in [0.25, 0.3) is 0 Å². The first-order valence-corrected chi connectivity index (χ1v) is 10.9. The molecule has 0 aliphatic heterocycles. The van der Waals surface area contributed by atoms with E-state index >= 15 is 0 Å². The van der Waals surface area contributed by atoms with E-state index in [4.69, 9.17) is 4.74 Å². The Labute approximate surface area is 163 Å². The summed E-state index contributed by atoms with van der Waals surface area (Å²) in [7, 11) is -1.94. The van der Waals surface area contributed by atoms with Crippen LogP contribution < -0.4 is 4.31 Å². The highest BCUT2D eigenvalue weighted by molar-refractivity contribution is 8.00. The van der Waals surface area contributed by atoms with Crippen molar-refractivity contribution in [1.82, 2.24) is 0 Å². The van der Waals surface area contributed by atoms with Gasteiger partial charge in [-0.15, -0.1) is 11.8 Å². The number of carbonyl (C=O) groups is 2. The third kappa shape index (κ3) is 6.11. The van der Waals surface area contributed by atoms with Crippen molar-refractivity contribution in [3.63, 3.8) is 0 Å². The summed E-state index contributed by atoms with van der Waals surface area (Å²) in [4.78, 5) is 25.0. The monoisotopic (exact) mass is 407 g/mol. The van der Waals surface area contributed by atoms with E-state index in [1.165, 1.54) is 43.1 Å². The quantitative estimate of drug-likeness (QED) is 0.380. The van der Waals surface area contributed by atoms with Gasteiger partial charge < -0.3 is 4.74 Å². The lowest BCUT2D eigenvalue weighted by Gasteiger charge is -2.16. The van der Waals surface area contributed by atoms with E-state index in [0.29, 0.717) is 11.3 Å². The predicted octanol–water partition coefficient (Wildman–Crippen LogP) is 2.91. The molecule has 0 aromatic heterocycles. The first-order chi connectivity index (χ1) is 12.7. The van der Waals surface area contributed by atoms with Crippen molar-refractivity contribution in [2.45, 2.75) is 11.8 Å². The third-order valence-corrected chi connectivity index (χ3v) is 6.21. The summed E-state index contributed by atoms with van der Waals surface area (Å²) in [6.45, 7) is 1.61. The van der Waals surface area contributed by atoms with Crippen molar-refractivity contribution in [2.24, 2.45) is 0 Å². The second kappa shape index (κ2) is 9.05. The Bertz CT molecular complexity index is 923. The highest BCUT2D eigenvalue weighted by Gasteiger charge is 2.14. The molecule has 0 atom stereocenters. The first-order valence-electron chi connectivity index (χ1n) is 8.09. The number of Topliss-reactive ketones (excluding diaryl/α,β-unsaturated/α-hetero) is 1. The van der Waals surface area contributed by atoms with Gasteiger partial charge in [0, 0.05) is 17.5 Å². The number of rotatable bonds is 8. The molecule has 0 amide bonds. The fraction of sp³-hybridized carbons (Fsp3) is 0.263. The highest BCUT2D eigenvalue weighted by Crippen LogP contribution is 2.22. The van der Waals surface area contributed by atoms with Crippen molar-refractivity contribution in [2.75, 3.05) is 30.0 Å². The fourth-order valence-electron chi connectivity index (χ4n) is 2.17. The Morgan fingerprint density at radius 1 is 1.07 bits per heavy atom. The van der Waals surface area contributed by atoms with Crippen molar-refractivity contribution in [3.05, 3.63) is 59.7 Å². The standard InChI is InChI=1S/C19H21NO5S2/c1-14-6-4-5-7-18(14)26-13-19(22)25-12-17(21)15-8-10-16(11-9-15)20(2)27(3,23)24/h4-11H,12-13H2,1-3H3. The Hall–Kier alpha value is -2.32. The predicted molar refractivity (Wildman–Crippen MR) is 107 cm³/mol. The van der Waals surface area contributed by atoms with Gasteiger partial charge in [-0.2, -0.15) is 0 Å². The number of benzene rings is 2. The Morgan fingerprint density at radius 2 is 1.70 bits per heavy atom. The van der Waals surface area contributed by atoms with Gasteiger partial charge in [0.15, 0.2) is 12.4 Å². The van der Waals surface area contributed by atoms with Crippen LogP contribution >= 0.6 is 11.8 Å². The lowest BCUT2D eigenvalue weighted by Crippen LogP contribution is -2.24. The number of ether oxygens (including phenoxy) is 1. The van der Waals surface area contributed by atoms with Gasteiger partial charge in [0.1, 0.15) is 0 Å². The van der Waals surface area contributed by atoms with Crippen LogP contribution in [0.25, 0.3) is 0 Å². The summed E-state index contributed by atoms with van der Waals surface area (Å²) in [6.07, 6.45) is 1.10. The molecule has 0 aliphatic rings. The van der Waals surface area contributed by atoms with Crippen LogP contribution in [-0.2, 0) is 19.6 Å². The molecule has 144 valence electrons. The number of ketones is 1. The van der Waals surface area contributed by atoms with E-state index in [1.807, 2.05) is 31.2 Å². The zero-order valence-electron chi connectivity index (χ0n) is 15.3. The largest absolute Gasteiger partial charge is 0.457 e. The summed E-state index contributed by atoms with van der Waals surface area (Å²) in [5.41, 5.74) is 1.87. The molecule has 2 aromatic rings. The van der Waals surface area contributed by atoms with Gasteiger partial charge in [-0.25, -0.2) is 8.42 Å². The van der Waals surface area contributed by atoms with Crippen LogP contribution in [0.2, 0.25) is 0 Å². The molecule has 0 N–H and O–H groups in total. The van der Waals surface area contributed by atoms with Crippen LogP contribution in [0.3, 0.4) is 0 Å². The normalized spacial score (nSPS) is 11.1. The Balaban J connectivity index is 1.86. The number of aryl methyl sites for hydroxylation is 1. The summed E-state index contributed by atoms with van der Waals surface area (Å²) in [5.74, 6) is -0.696. The van der Waals surface area contributed by atoms with Crippen molar-refractivity contribution in [1.29, 1.82) is 0 Å². The zero-order valence-corrected chi connectivity index (χ0v) is 17.0. The molecule has 8 heteroatoms. The van der Waals surface area contributed by atoms with Crippen molar-refractivity contribution < 1.29 is 22.7 Å². The maximum Gasteiger partial charge on any atom is 0.316 e. The van der Waals surface area contributed by atoms with Crippen LogP contribution in [-0.4, -0.2) is 45.8 Å². The Morgan fingerprint density at radius 3 is 2.30 bits per heavy atom. The lowest BCUT2D eigenvalue weighted by molar-refractivity contribution is -0.139. The topological polar surface area (TPSA) is 80.8 Å². The SMILES string of the molecule is Cc1ccccc1SCC(=O)OCC(=O)c1ccc(N(C)S(C)(=O)=O)cc1. The number of esters is 1. The molecule has 0 saturated carbocycles. The van der Waals surface area contributed by atoms with Gasteiger partial charge in [-0.05, 0) is 42.8 Å². The molecule has 0 unspecified atom stereocenters. The van der Waals surface area contributed by atoms with Crippen LogP contribution in [0.15, 0.2) is 53.4 Å². The van der Waals surface area contributed by atoms with Crippen LogP contribution in [0, 0.1) is 6.92 Å². The molecule has 27 heavy (non-hydrogen) atoms. The van der Waals surface area contributed by atoms with Gasteiger partial charge in [-0.3, -0.25) is 13.9 Å². The number of sulfonamides is 1. The van der Waals surface area contributed by atoms with Gasteiger partial charge >= 0.3 is 5.97 Å². The van der Waals surface area contributed by atoms with Crippen molar-refractivity contribution in [3.8, 4) is 0 Å². The van der Waals surface area contributed by atoms with Gasteiger partial charge in [-0.1, -0.05) is 18.2 Å². The number of anilines is 1. The fourth-order valence-corrected chi connectivity index (χ4v) is 3.51. The molecule has 0 heterocycles. The Kier molecular flexibility index (Phi) is 7.04. The number of nitrogens with zero attached hydrogens (tertiary/aromatic N) is 1. The van der Waals surface area contributed by atoms with Crippen LogP contribution in [0.4, 0.5) is 5.69 Å². The molecule has 0 aliphatic carbocycles. The minimum Gasteiger partial charge on any atom is -0.457 e. The summed E-state index contributed by atoms with van der Waals surface area (Å²) in [6, 6.07) is 13.8. The maximum atomic E-state index is 12.1. The van der Waals surface area contributed by atoms with Crippen LogP contribution in [0.5, 0.6) is 0 Å². The zero-order chi connectivity index (χ0) is 20.0. The number of hydrogen-bond donors (Lipinski definition) is 0. The summed E-state index contributed by atoms with van der Waals surface area (Å²) in [5, 5.41) is 0. The molecule has 6 nitrogen and oxygen atoms in total. The molecule has 0 spiro atoms. The van der Waals surface area contributed by atoms with E-state index in [2.05, 4.69) is 0 Å². The lowest BCUT2D eigenvalue weighted by atomic mass is 10.1. The molecule has 0 bridgehead atoms. The molecule has 2 rings (SSSR count). The van der Waals surface area contributed by atoms with Crippen molar-refractivity contribution >= 4 is 39.2 Å². The summed E-state index contributed by atoms with van der Waals surface area (Å²) < 4.78 is 29.2. The molecule has 0 fully saturated rings. The second-order valence-corrected chi connectivity index (χ2v) is 8.95. The van der Waals surface area contributed by atoms with E-state index in [-0.39, 0.29) is 18.1 Å². The molecular weight excluding hydrogens is 386 g/mol. The van der Waals surface area contributed by atoms with Gasteiger partial charge in [0.05, 0.1) is 17.7 Å². The third-order valence-electron chi connectivity index (χ3n) is 3.85. The molecule has 0 radical (unpaired) electrons. The highest BCUT2D eigenvalue weighted by atomic mass is 32.2. The number of hydrogen-bond acceptors (Lipinski definition) is 6.